The number of halogens is 1. The number of thioether (sulfide) groups is 1. The molecule has 0 heterocycles. The minimum atomic E-state index is -0.792. The van der Waals surface area contributed by atoms with Crippen molar-refractivity contribution >= 4 is 29.3 Å². The largest absolute Gasteiger partial charge is 0.350 e. The maximum atomic E-state index is 13.0. The summed E-state index contributed by atoms with van der Waals surface area (Å²) in [6.07, 6.45) is 2.28. The molecule has 0 radical (unpaired) electrons. The van der Waals surface area contributed by atoms with Gasteiger partial charge >= 0.3 is 0 Å². The van der Waals surface area contributed by atoms with Crippen molar-refractivity contribution in [1.82, 2.24) is 10.6 Å². The van der Waals surface area contributed by atoms with E-state index < -0.39 is 16.9 Å². The van der Waals surface area contributed by atoms with E-state index in [0.29, 0.717) is 12.2 Å². The molecular weight excluding hydrogens is 385 g/mol. The Labute approximate surface area is 165 Å². The van der Waals surface area contributed by atoms with Gasteiger partial charge in [0.05, 0.1) is 4.92 Å². The first-order valence-electron chi connectivity index (χ1n) is 8.47. The molecule has 148 valence electrons. The third kappa shape index (κ3) is 6.34. The van der Waals surface area contributed by atoms with Crippen LogP contribution in [0, 0.1) is 15.9 Å². The summed E-state index contributed by atoms with van der Waals surface area (Å²) in [6, 6.07) is 10.3. The van der Waals surface area contributed by atoms with E-state index in [1.54, 1.807) is 12.1 Å². The number of amides is 2. The Morgan fingerprint density at radius 3 is 2.57 bits per heavy atom. The molecular formula is C19H20FN3O4S. The van der Waals surface area contributed by atoms with Crippen molar-refractivity contribution in [1.29, 1.82) is 0 Å². The highest BCUT2D eigenvalue weighted by Gasteiger charge is 2.22. The van der Waals surface area contributed by atoms with Crippen LogP contribution in [-0.4, -0.2) is 34.8 Å². The zero-order chi connectivity index (χ0) is 20.5. The van der Waals surface area contributed by atoms with Crippen molar-refractivity contribution in [3.63, 3.8) is 0 Å². The molecule has 0 aliphatic heterocycles. The Morgan fingerprint density at radius 2 is 1.93 bits per heavy atom. The predicted molar refractivity (Wildman–Crippen MR) is 106 cm³/mol. The molecule has 28 heavy (non-hydrogen) atoms. The van der Waals surface area contributed by atoms with Gasteiger partial charge in [-0.2, -0.15) is 11.8 Å². The first kappa shape index (κ1) is 21.4. The summed E-state index contributed by atoms with van der Waals surface area (Å²) in [6.45, 7) is 0.196. The molecule has 2 N–H and O–H groups in total. The number of hydrogen-bond donors (Lipinski definition) is 2. The third-order valence-corrected chi connectivity index (χ3v) is 4.58. The lowest BCUT2D eigenvalue weighted by molar-refractivity contribution is -0.384. The van der Waals surface area contributed by atoms with E-state index >= 15 is 0 Å². The minimum Gasteiger partial charge on any atom is -0.350 e. The van der Waals surface area contributed by atoms with Gasteiger partial charge in [0.25, 0.3) is 11.6 Å². The number of benzene rings is 2. The van der Waals surface area contributed by atoms with E-state index in [1.807, 2.05) is 6.26 Å². The molecule has 2 aromatic rings. The molecule has 7 nitrogen and oxygen atoms in total. The minimum absolute atomic E-state index is 0.106. The van der Waals surface area contributed by atoms with Crippen LogP contribution in [0.2, 0.25) is 0 Å². The number of nitrogens with zero attached hydrogens (tertiary/aromatic N) is 1. The fraction of sp³-hybridized carbons (Fsp3) is 0.263. The van der Waals surface area contributed by atoms with E-state index in [0.717, 1.165) is 11.6 Å². The Kier molecular flexibility index (Phi) is 7.94. The summed E-state index contributed by atoms with van der Waals surface area (Å²) >= 11 is 1.53. The van der Waals surface area contributed by atoms with Crippen molar-refractivity contribution in [2.45, 2.75) is 19.0 Å². The lowest BCUT2D eigenvalue weighted by atomic mass is 10.1. The molecule has 0 saturated heterocycles. The van der Waals surface area contributed by atoms with Crippen LogP contribution in [0.25, 0.3) is 0 Å². The number of nitro groups is 1. The van der Waals surface area contributed by atoms with Crippen LogP contribution < -0.4 is 10.6 Å². The van der Waals surface area contributed by atoms with E-state index in [1.165, 1.54) is 42.1 Å². The van der Waals surface area contributed by atoms with Crippen molar-refractivity contribution in [2.75, 3.05) is 12.0 Å². The molecule has 0 spiro atoms. The van der Waals surface area contributed by atoms with Gasteiger partial charge < -0.3 is 10.6 Å². The number of hydrogen-bond acceptors (Lipinski definition) is 5. The molecule has 2 rings (SSSR count). The third-order valence-electron chi connectivity index (χ3n) is 3.93. The second-order valence-electron chi connectivity index (χ2n) is 5.96. The second kappa shape index (κ2) is 10.4. The summed E-state index contributed by atoms with van der Waals surface area (Å²) in [7, 11) is 0. The highest BCUT2D eigenvalue weighted by atomic mass is 32.2. The van der Waals surface area contributed by atoms with Gasteiger partial charge in [0.2, 0.25) is 5.91 Å². The SMILES string of the molecule is CSCC[C@H](NC(=O)c1cccc([N+](=O)[O-])c1)C(=O)NCc1ccc(F)cc1. The fourth-order valence-corrected chi connectivity index (χ4v) is 2.89. The van der Waals surface area contributed by atoms with Crippen molar-refractivity contribution in [3.05, 3.63) is 75.6 Å². The average molecular weight is 405 g/mol. The Hall–Kier alpha value is -2.94. The molecule has 1 atom stereocenters. The van der Waals surface area contributed by atoms with Gasteiger partial charge in [-0.05, 0) is 42.2 Å². The van der Waals surface area contributed by atoms with Crippen molar-refractivity contribution < 1.29 is 18.9 Å². The zero-order valence-electron chi connectivity index (χ0n) is 15.2. The quantitative estimate of drug-likeness (QED) is 0.493. The molecule has 2 amide bonds. The number of nitrogens with one attached hydrogen (secondary N) is 2. The molecule has 0 saturated carbocycles. The fourth-order valence-electron chi connectivity index (χ4n) is 2.42. The summed E-state index contributed by atoms with van der Waals surface area (Å²) in [5.41, 5.74) is 0.632. The lowest BCUT2D eigenvalue weighted by Gasteiger charge is -2.18. The van der Waals surface area contributed by atoms with Crippen LogP contribution in [0.1, 0.15) is 22.3 Å². The van der Waals surface area contributed by atoms with E-state index in [4.69, 9.17) is 0 Å². The first-order chi connectivity index (χ1) is 13.4. The number of carbonyl (C=O) groups is 2. The number of non-ortho nitro benzene ring substituents is 1. The standard InChI is InChI=1S/C19H20FN3O4S/c1-28-10-9-17(19(25)21-12-13-5-7-15(20)8-6-13)22-18(24)14-3-2-4-16(11-14)23(26)27/h2-8,11,17H,9-10,12H2,1H3,(H,21,25)(H,22,24)/t17-/m0/s1. The molecule has 0 aliphatic rings. The van der Waals surface area contributed by atoms with Gasteiger partial charge in [-0.3, -0.25) is 19.7 Å². The lowest BCUT2D eigenvalue weighted by Crippen LogP contribution is -2.46. The van der Waals surface area contributed by atoms with Crippen LogP contribution in [0.5, 0.6) is 0 Å². The maximum absolute atomic E-state index is 13.0. The van der Waals surface area contributed by atoms with Gasteiger partial charge in [0, 0.05) is 24.2 Å². The van der Waals surface area contributed by atoms with Crippen LogP contribution in [0.3, 0.4) is 0 Å². The van der Waals surface area contributed by atoms with Crippen LogP contribution in [0.4, 0.5) is 10.1 Å². The number of carbonyl (C=O) groups excluding carboxylic acids is 2. The van der Waals surface area contributed by atoms with Gasteiger partial charge in [-0.15, -0.1) is 0 Å². The number of rotatable bonds is 9. The average Bonchev–Trinajstić information content (AvgIpc) is 2.70. The van der Waals surface area contributed by atoms with Gasteiger partial charge in [0.1, 0.15) is 11.9 Å². The molecule has 9 heteroatoms. The molecule has 0 unspecified atom stereocenters. The van der Waals surface area contributed by atoms with Crippen LogP contribution >= 0.6 is 11.8 Å². The summed E-state index contributed by atoms with van der Waals surface area (Å²) in [5.74, 6) is -0.662. The molecule has 0 aliphatic carbocycles. The highest BCUT2D eigenvalue weighted by Crippen LogP contribution is 2.13. The molecule has 0 aromatic heterocycles. The predicted octanol–water partition coefficient (Wildman–Crippen LogP) is 2.90. The van der Waals surface area contributed by atoms with Gasteiger partial charge in [-0.1, -0.05) is 18.2 Å². The second-order valence-corrected chi connectivity index (χ2v) is 6.94. The topological polar surface area (TPSA) is 101 Å². The summed E-state index contributed by atoms with van der Waals surface area (Å²) < 4.78 is 13.0. The van der Waals surface area contributed by atoms with E-state index in [9.17, 15) is 24.1 Å². The monoisotopic (exact) mass is 405 g/mol. The van der Waals surface area contributed by atoms with Crippen LogP contribution in [-0.2, 0) is 11.3 Å². The van der Waals surface area contributed by atoms with Gasteiger partial charge in [0.15, 0.2) is 0 Å². The molecule has 2 aromatic carbocycles. The van der Waals surface area contributed by atoms with Crippen molar-refractivity contribution in [3.8, 4) is 0 Å². The smallest absolute Gasteiger partial charge is 0.270 e. The maximum Gasteiger partial charge on any atom is 0.270 e. The normalized spacial score (nSPS) is 11.5. The summed E-state index contributed by atoms with van der Waals surface area (Å²) in [4.78, 5) is 35.2. The van der Waals surface area contributed by atoms with Crippen LogP contribution in [0.15, 0.2) is 48.5 Å². The van der Waals surface area contributed by atoms with Gasteiger partial charge in [-0.25, -0.2) is 4.39 Å². The summed E-state index contributed by atoms with van der Waals surface area (Å²) in [5, 5.41) is 16.2. The Balaban J connectivity index is 2.03. The van der Waals surface area contributed by atoms with E-state index in [2.05, 4.69) is 10.6 Å². The molecule has 0 fully saturated rings. The Morgan fingerprint density at radius 1 is 1.21 bits per heavy atom. The highest BCUT2D eigenvalue weighted by molar-refractivity contribution is 7.98. The Bertz CT molecular complexity index is 845. The number of nitro benzene ring substituents is 1. The first-order valence-corrected chi connectivity index (χ1v) is 9.86. The zero-order valence-corrected chi connectivity index (χ0v) is 16.0. The molecule has 0 bridgehead atoms. The van der Waals surface area contributed by atoms with E-state index in [-0.39, 0.29) is 29.5 Å². The van der Waals surface area contributed by atoms with Crippen molar-refractivity contribution in [2.24, 2.45) is 0 Å².